The van der Waals surface area contributed by atoms with Crippen LogP contribution in [0, 0.1) is 12.3 Å². The summed E-state index contributed by atoms with van der Waals surface area (Å²) in [6.45, 7) is 2.31. The molecule has 0 atom stereocenters. The van der Waals surface area contributed by atoms with Crippen LogP contribution in [0.5, 0.6) is 0 Å². The third-order valence-electron chi connectivity index (χ3n) is 5.51. The number of aromatic amines is 1. The van der Waals surface area contributed by atoms with E-state index in [0.717, 1.165) is 33.4 Å². The van der Waals surface area contributed by atoms with Gasteiger partial charge in [0.15, 0.2) is 0 Å². The number of carbonyl (C=O) groups excluding carboxylic acids is 1. The van der Waals surface area contributed by atoms with Crippen LogP contribution in [-0.4, -0.2) is 40.9 Å². The normalized spacial score (nSPS) is 10.8. The Morgan fingerprint density at radius 2 is 1.91 bits per heavy atom. The second kappa shape index (κ2) is 10.5. The molecule has 2 aromatic heterocycles. The van der Waals surface area contributed by atoms with Crippen LogP contribution in [-0.2, 0) is 13.0 Å². The zero-order chi connectivity index (χ0) is 23.9. The van der Waals surface area contributed by atoms with Gasteiger partial charge in [-0.3, -0.25) is 9.36 Å². The molecule has 9 nitrogen and oxygen atoms in total. The van der Waals surface area contributed by atoms with E-state index in [0.29, 0.717) is 43.9 Å². The lowest BCUT2D eigenvalue weighted by Gasteiger charge is -2.07. The van der Waals surface area contributed by atoms with E-state index in [1.807, 2.05) is 55.5 Å². The van der Waals surface area contributed by atoms with Gasteiger partial charge >= 0.3 is 5.69 Å². The molecule has 1 N–H and O–H groups in total. The van der Waals surface area contributed by atoms with Gasteiger partial charge in [0, 0.05) is 24.8 Å². The number of hydrogen-bond acceptors (Lipinski definition) is 6. The Hall–Kier alpha value is -4.32. The van der Waals surface area contributed by atoms with Crippen molar-refractivity contribution in [3.05, 3.63) is 70.4 Å². The first-order valence-electron chi connectivity index (χ1n) is 11.2. The van der Waals surface area contributed by atoms with E-state index in [9.17, 15) is 9.59 Å². The molecule has 0 spiro atoms. The van der Waals surface area contributed by atoms with Crippen LogP contribution < -0.4 is 5.69 Å². The summed E-state index contributed by atoms with van der Waals surface area (Å²) >= 11 is 0. The standard InChI is InChI=1S/C25H25N7O2/c1-3-5-10-22-28-32(23(33)11-6-4-2)25(34)31(22)17-18-12-14-19(15-13-18)20-8-7-9-21(16-20)24-26-29-30-27-24/h1,7-9,12-16H,4-6,10-11,17H2,2H3,(H,26,27,29,30). The number of tetrazole rings is 1. The SMILES string of the molecule is C#CCCc1nn(C(=O)CCCC)c(=O)n1Cc1ccc(-c2cccc(-c3nn[nH]n3)c2)cc1. The van der Waals surface area contributed by atoms with Gasteiger partial charge in [0.25, 0.3) is 5.91 Å². The fourth-order valence-electron chi connectivity index (χ4n) is 3.67. The van der Waals surface area contributed by atoms with Crippen LogP contribution in [0.4, 0.5) is 0 Å². The monoisotopic (exact) mass is 455 g/mol. The molecule has 0 aliphatic heterocycles. The van der Waals surface area contributed by atoms with Crippen LogP contribution >= 0.6 is 0 Å². The minimum absolute atomic E-state index is 0.288. The molecule has 0 radical (unpaired) electrons. The molecule has 9 heteroatoms. The Morgan fingerprint density at radius 3 is 2.62 bits per heavy atom. The van der Waals surface area contributed by atoms with Crippen LogP contribution in [0.15, 0.2) is 53.3 Å². The molecule has 4 rings (SSSR count). The van der Waals surface area contributed by atoms with Gasteiger partial charge in [0.2, 0.25) is 5.82 Å². The Kier molecular flexibility index (Phi) is 7.08. The number of unbranched alkanes of at least 4 members (excludes halogenated alkanes) is 1. The summed E-state index contributed by atoms with van der Waals surface area (Å²) in [7, 11) is 0. The van der Waals surface area contributed by atoms with E-state index in [2.05, 4.69) is 31.6 Å². The molecule has 0 saturated carbocycles. The second-order valence-corrected chi connectivity index (χ2v) is 7.91. The molecular formula is C25H25N7O2. The number of aromatic nitrogens is 7. The van der Waals surface area contributed by atoms with E-state index < -0.39 is 5.69 Å². The van der Waals surface area contributed by atoms with Gasteiger partial charge < -0.3 is 0 Å². The highest BCUT2D eigenvalue weighted by Gasteiger charge is 2.18. The van der Waals surface area contributed by atoms with Gasteiger partial charge in [-0.25, -0.2) is 4.79 Å². The zero-order valence-electron chi connectivity index (χ0n) is 18.9. The van der Waals surface area contributed by atoms with E-state index in [1.165, 1.54) is 4.57 Å². The third kappa shape index (κ3) is 5.02. The summed E-state index contributed by atoms with van der Waals surface area (Å²) in [5.41, 5.74) is 3.38. The van der Waals surface area contributed by atoms with Crippen molar-refractivity contribution < 1.29 is 4.79 Å². The fraction of sp³-hybridized carbons (Fsp3) is 0.280. The van der Waals surface area contributed by atoms with Crippen LogP contribution in [0.3, 0.4) is 0 Å². The summed E-state index contributed by atoms with van der Waals surface area (Å²) in [6.07, 6.45) is 8.16. The lowest BCUT2D eigenvalue weighted by molar-refractivity contribution is 0.0878. The molecule has 0 unspecified atom stereocenters. The molecule has 0 bridgehead atoms. The highest BCUT2D eigenvalue weighted by atomic mass is 16.2. The van der Waals surface area contributed by atoms with Gasteiger partial charge in [-0.1, -0.05) is 55.8 Å². The van der Waals surface area contributed by atoms with Gasteiger partial charge in [0.1, 0.15) is 5.82 Å². The fourth-order valence-corrected chi connectivity index (χ4v) is 3.67. The number of carbonyl (C=O) groups is 1. The maximum absolute atomic E-state index is 13.0. The minimum atomic E-state index is -0.426. The number of benzene rings is 2. The number of hydrogen-bond donors (Lipinski definition) is 1. The zero-order valence-corrected chi connectivity index (χ0v) is 18.9. The number of aryl methyl sites for hydroxylation is 1. The van der Waals surface area contributed by atoms with Crippen molar-refractivity contribution in [1.82, 2.24) is 35.0 Å². The molecule has 0 amide bonds. The lowest BCUT2D eigenvalue weighted by atomic mass is 10.0. The van der Waals surface area contributed by atoms with Crippen molar-refractivity contribution in [1.29, 1.82) is 0 Å². The Morgan fingerprint density at radius 1 is 1.12 bits per heavy atom. The molecule has 172 valence electrons. The quantitative estimate of drug-likeness (QED) is 0.388. The van der Waals surface area contributed by atoms with Crippen molar-refractivity contribution in [2.45, 2.75) is 45.6 Å². The van der Waals surface area contributed by atoms with Crippen molar-refractivity contribution in [3.8, 4) is 34.9 Å². The second-order valence-electron chi connectivity index (χ2n) is 7.91. The summed E-state index contributed by atoms with van der Waals surface area (Å²) in [5, 5.41) is 18.4. The predicted molar refractivity (Wildman–Crippen MR) is 128 cm³/mol. The van der Waals surface area contributed by atoms with Crippen molar-refractivity contribution in [3.63, 3.8) is 0 Å². The third-order valence-corrected chi connectivity index (χ3v) is 5.51. The number of rotatable bonds is 9. The average molecular weight is 456 g/mol. The molecule has 34 heavy (non-hydrogen) atoms. The molecule has 0 aliphatic rings. The van der Waals surface area contributed by atoms with Crippen molar-refractivity contribution in [2.75, 3.05) is 0 Å². The van der Waals surface area contributed by atoms with Crippen LogP contribution in [0.25, 0.3) is 22.5 Å². The topological polar surface area (TPSA) is 111 Å². The van der Waals surface area contributed by atoms with Gasteiger partial charge in [-0.05, 0) is 34.4 Å². The largest absolute Gasteiger partial charge is 0.353 e. The molecule has 2 heterocycles. The summed E-state index contributed by atoms with van der Waals surface area (Å²) in [6, 6.07) is 15.8. The molecule has 0 fully saturated rings. The first kappa shape index (κ1) is 22.9. The van der Waals surface area contributed by atoms with E-state index >= 15 is 0 Å². The number of terminal acetylenes is 1. The number of nitrogens with one attached hydrogen (secondary N) is 1. The Bertz CT molecular complexity index is 1360. The minimum Gasteiger partial charge on any atom is -0.274 e. The van der Waals surface area contributed by atoms with Crippen LogP contribution in [0.2, 0.25) is 0 Å². The molecular weight excluding hydrogens is 430 g/mol. The highest BCUT2D eigenvalue weighted by Crippen LogP contribution is 2.24. The number of H-pyrrole nitrogens is 1. The van der Waals surface area contributed by atoms with Crippen molar-refractivity contribution >= 4 is 5.91 Å². The summed E-state index contributed by atoms with van der Waals surface area (Å²) in [4.78, 5) is 25.4. The van der Waals surface area contributed by atoms with Gasteiger partial charge in [-0.2, -0.15) is 5.21 Å². The molecule has 0 saturated heterocycles. The first-order valence-corrected chi connectivity index (χ1v) is 11.2. The molecule has 0 aliphatic carbocycles. The van der Waals surface area contributed by atoms with Crippen LogP contribution in [0.1, 0.15) is 48.8 Å². The summed E-state index contributed by atoms with van der Waals surface area (Å²) in [5.74, 6) is 3.34. The van der Waals surface area contributed by atoms with E-state index in [-0.39, 0.29) is 5.91 Å². The van der Waals surface area contributed by atoms with Crippen molar-refractivity contribution in [2.24, 2.45) is 0 Å². The number of nitrogens with zero attached hydrogens (tertiary/aromatic N) is 6. The Balaban J connectivity index is 1.58. The molecule has 2 aromatic carbocycles. The Labute approximate surface area is 196 Å². The maximum atomic E-state index is 13.0. The first-order chi connectivity index (χ1) is 16.6. The summed E-state index contributed by atoms with van der Waals surface area (Å²) < 4.78 is 2.52. The highest BCUT2D eigenvalue weighted by molar-refractivity contribution is 5.77. The average Bonchev–Trinajstić information content (AvgIpc) is 3.51. The van der Waals surface area contributed by atoms with Gasteiger partial charge in [0.05, 0.1) is 6.54 Å². The lowest BCUT2D eigenvalue weighted by Crippen LogP contribution is -2.30. The smallest absolute Gasteiger partial charge is 0.274 e. The molecule has 4 aromatic rings. The van der Waals surface area contributed by atoms with E-state index in [4.69, 9.17) is 6.42 Å². The van der Waals surface area contributed by atoms with E-state index in [1.54, 1.807) is 0 Å². The van der Waals surface area contributed by atoms with Gasteiger partial charge in [-0.15, -0.1) is 32.3 Å². The predicted octanol–water partition coefficient (Wildman–Crippen LogP) is 3.34. The maximum Gasteiger partial charge on any atom is 0.353 e.